The lowest BCUT2D eigenvalue weighted by Crippen LogP contribution is -2.17. The molecular weight excluding hydrogens is 325 g/mol. The molecule has 2 N–H and O–H groups in total. The number of nitrogens with one attached hydrogen (secondary N) is 2. The number of ether oxygens (including phenoxy) is 1. The van der Waals surface area contributed by atoms with Gasteiger partial charge in [-0.2, -0.15) is 0 Å². The molecule has 2 heterocycles. The first-order valence-corrected chi connectivity index (χ1v) is 8.04. The van der Waals surface area contributed by atoms with E-state index >= 15 is 0 Å². The highest BCUT2D eigenvalue weighted by Crippen LogP contribution is 2.30. The number of imidazole rings is 1. The molecule has 6 nitrogen and oxygen atoms in total. The Kier molecular flexibility index (Phi) is 4.92. The molecule has 25 heavy (non-hydrogen) atoms. The van der Waals surface area contributed by atoms with E-state index < -0.39 is 11.7 Å². The fraction of sp³-hybridized carbons (Fsp3) is 0.278. The molecule has 2 bridgehead atoms. The molecule has 0 radical (unpaired) electrons. The van der Waals surface area contributed by atoms with E-state index in [9.17, 15) is 14.0 Å². The van der Waals surface area contributed by atoms with Crippen molar-refractivity contribution in [1.82, 2.24) is 9.97 Å². The van der Waals surface area contributed by atoms with E-state index in [-0.39, 0.29) is 24.9 Å². The Morgan fingerprint density at radius 1 is 1.40 bits per heavy atom. The van der Waals surface area contributed by atoms with Crippen LogP contribution >= 0.6 is 0 Å². The van der Waals surface area contributed by atoms with E-state index in [1.54, 1.807) is 31.3 Å². The summed E-state index contributed by atoms with van der Waals surface area (Å²) in [6.45, 7) is 2.02. The number of benzene rings is 1. The number of esters is 1. The molecule has 1 aliphatic rings. The Hall–Kier alpha value is -2.96. The van der Waals surface area contributed by atoms with Crippen LogP contribution in [0.5, 0.6) is 0 Å². The van der Waals surface area contributed by atoms with Gasteiger partial charge < -0.3 is 15.0 Å². The van der Waals surface area contributed by atoms with Gasteiger partial charge in [0.15, 0.2) is 0 Å². The van der Waals surface area contributed by atoms with Crippen molar-refractivity contribution in [2.45, 2.75) is 25.7 Å². The summed E-state index contributed by atoms with van der Waals surface area (Å²) >= 11 is 0. The van der Waals surface area contributed by atoms with Crippen molar-refractivity contribution in [2.75, 3.05) is 11.9 Å². The van der Waals surface area contributed by atoms with Crippen molar-refractivity contribution in [1.29, 1.82) is 0 Å². The van der Waals surface area contributed by atoms with Gasteiger partial charge in [0.2, 0.25) is 5.91 Å². The minimum absolute atomic E-state index is 0.129. The predicted octanol–water partition coefficient (Wildman–Crippen LogP) is 3.15. The topological polar surface area (TPSA) is 84.1 Å². The second kappa shape index (κ2) is 7.29. The van der Waals surface area contributed by atoms with E-state index in [0.717, 1.165) is 0 Å². The molecule has 1 atom stereocenters. The molecule has 0 saturated heterocycles. The zero-order chi connectivity index (χ0) is 17.8. The maximum absolute atomic E-state index is 13.6. The first kappa shape index (κ1) is 16.9. The summed E-state index contributed by atoms with van der Waals surface area (Å²) in [5, 5.41) is 2.70. The van der Waals surface area contributed by atoms with Gasteiger partial charge in [-0.05, 0) is 31.5 Å². The number of amides is 1. The van der Waals surface area contributed by atoms with Gasteiger partial charge in [0.25, 0.3) is 0 Å². The largest absolute Gasteiger partial charge is 0.465 e. The Morgan fingerprint density at radius 2 is 2.24 bits per heavy atom. The lowest BCUT2D eigenvalue weighted by atomic mass is 10.0. The summed E-state index contributed by atoms with van der Waals surface area (Å²) in [4.78, 5) is 31.7. The summed E-state index contributed by atoms with van der Waals surface area (Å²) in [6, 6.07) is 4.12. The quantitative estimate of drug-likeness (QED) is 0.648. The van der Waals surface area contributed by atoms with E-state index in [0.29, 0.717) is 29.2 Å². The number of halogens is 1. The minimum atomic E-state index is -0.587. The molecule has 1 aliphatic heterocycles. The van der Waals surface area contributed by atoms with E-state index in [1.807, 2.05) is 0 Å². The van der Waals surface area contributed by atoms with Gasteiger partial charge in [-0.25, -0.2) is 9.37 Å². The number of rotatable bonds is 2. The van der Waals surface area contributed by atoms with Crippen LogP contribution < -0.4 is 5.32 Å². The number of anilines is 1. The Labute approximate surface area is 144 Å². The van der Waals surface area contributed by atoms with E-state index in [2.05, 4.69) is 15.3 Å². The standard InChI is InChI=1S/C18H18FN3O3/c1-2-25-18(24)13-5-3-4-6-16(23)21-14-9-11(19)7-8-12(14)15-10-20-17(13)22-15/h3-4,7-10,13H,2,5-6H2,1H3,(H,20,22)(H,21,23)/b4-3+. The maximum Gasteiger partial charge on any atom is 0.316 e. The molecule has 2 aromatic rings. The normalized spacial score (nSPS) is 18.3. The van der Waals surface area contributed by atoms with Gasteiger partial charge in [0.1, 0.15) is 17.6 Å². The number of hydrogen-bond acceptors (Lipinski definition) is 4. The SMILES string of the molecule is CCOC(=O)C1C/C=C/CC(=O)Nc2cc(F)ccc2-c2cnc1[nH]2. The molecule has 0 aliphatic carbocycles. The third-order valence-corrected chi connectivity index (χ3v) is 3.88. The molecular formula is C18H18FN3O3. The van der Waals surface area contributed by atoms with Gasteiger partial charge in [0.05, 0.1) is 24.2 Å². The molecule has 130 valence electrons. The van der Waals surface area contributed by atoms with Gasteiger partial charge in [-0.15, -0.1) is 0 Å². The molecule has 1 aromatic carbocycles. The summed E-state index contributed by atoms with van der Waals surface area (Å²) in [5.74, 6) is -1.22. The molecule has 1 unspecified atom stereocenters. The zero-order valence-electron chi connectivity index (χ0n) is 13.7. The summed E-state index contributed by atoms with van der Waals surface area (Å²) in [7, 11) is 0. The number of H-pyrrole nitrogens is 1. The number of fused-ring (bicyclic) bond motifs is 4. The van der Waals surface area contributed by atoms with Crippen LogP contribution in [0.3, 0.4) is 0 Å². The van der Waals surface area contributed by atoms with Crippen molar-refractivity contribution in [3.05, 3.63) is 48.2 Å². The molecule has 7 heteroatoms. The van der Waals surface area contributed by atoms with E-state index in [4.69, 9.17) is 4.74 Å². The molecule has 1 aromatic heterocycles. The first-order chi connectivity index (χ1) is 12.1. The number of hydrogen-bond donors (Lipinski definition) is 2. The van der Waals surface area contributed by atoms with Crippen molar-refractivity contribution >= 4 is 17.6 Å². The van der Waals surface area contributed by atoms with Crippen LogP contribution in [0, 0.1) is 5.82 Å². The van der Waals surface area contributed by atoms with Crippen LogP contribution in [0.2, 0.25) is 0 Å². The van der Waals surface area contributed by atoms with Crippen molar-refractivity contribution in [3.63, 3.8) is 0 Å². The lowest BCUT2D eigenvalue weighted by molar-refractivity contribution is -0.145. The zero-order valence-corrected chi connectivity index (χ0v) is 13.7. The predicted molar refractivity (Wildman–Crippen MR) is 90.4 cm³/mol. The van der Waals surface area contributed by atoms with Crippen molar-refractivity contribution < 1.29 is 18.7 Å². The number of nitrogens with zero attached hydrogens (tertiary/aromatic N) is 1. The van der Waals surface area contributed by atoms with Gasteiger partial charge in [-0.1, -0.05) is 12.2 Å². The third kappa shape index (κ3) is 3.76. The highest BCUT2D eigenvalue weighted by Gasteiger charge is 2.25. The van der Waals surface area contributed by atoms with Crippen molar-refractivity contribution in [3.8, 4) is 11.3 Å². The Morgan fingerprint density at radius 3 is 3.04 bits per heavy atom. The molecule has 0 saturated carbocycles. The average Bonchev–Trinajstić information content (AvgIpc) is 3.03. The Balaban J connectivity index is 2.06. The highest BCUT2D eigenvalue weighted by molar-refractivity contribution is 5.95. The molecule has 0 fully saturated rings. The number of aromatic amines is 1. The number of aromatic nitrogens is 2. The summed E-state index contributed by atoms with van der Waals surface area (Å²) < 4.78 is 18.7. The third-order valence-electron chi connectivity index (χ3n) is 3.88. The number of carbonyl (C=O) groups excluding carboxylic acids is 2. The number of carbonyl (C=O) groups is 2. The van der Waals surface area contributed by atoms with Gasteiger partial charge in [0, 0.05) is 12.0 Å². The summed E-state index contributed by atoms with van der Waals surface area (Å²) in [6.07, 6.45) is 5.48. The fourth-order valence-electron chi connectivity index (χ4n) is 2.69. The molecule has 3 rings (SSSR count). The van der Waals surface area contributed by atoms with Crippen LogP contribution in [0.15, 0.2) is 36.5 Å². The fourth-order valence-corrected chi connectivity index (χ4v) is 2.69. The smallest absolute Gasteiger partial charge is 0.316 e. The van der Waals surface area contributed by atoms with Crippen molar-refractivity contribution in [2.24, 2.45) is 0 Å². The lowest BCUT2D eigenvalue weighted by Gasteiger charge is -2.13. The van der Waals surface area contributed by atoms with E-state index in [1.165, 1.54) is 12.1 Å². The van der Waals surface area contributed by atoms with Gasteiger partial charge >= 0.3 is 5.97 Å². The first-order valence-electron chi connectivity index (χ1n) is 8.04. The van der Waals surface area contributed by atoms with Crippen LogP contribution in [0.1, 0.15) is 31.5 Å². The van der Waals surface area contributed by atoms with Crippen LogP contribution in [-0.2, 0) is 14.3 Å². The number of allylic oxidation sites excluding steroid dienone is 1. The summed E-state index contributed by atoms with van der Waals surface area (Å²) in [5.41, 5.74) is 1.53. The van der Waals surface area contributed by atoms with Gasteiger partial charge in [-0.3, -0.25) is 9.59 Å². The van der Waals surface area contributed by atoms with Crippen LogP contribution in [0.4, 0.5) is 10.1 Å². The highest BCUT2D eigenvalue weighted by atomic mass is 19.1. The maximum atomic E-state index is 13.6. The molecule has 1 amide bonds. The second-order valence-electron chi connectivity index (χ2n) is 5.64. The average molecular weight is 343 g/mol. The van der Waals surface area contributed by atoms with Crippen LogP contribution in [0.25, 0.3) is 11.3 Å². The second-order valence-corrected chi connectivity index (χ2v) is 5.64. The minimum Gasteiger partial charge on any atom is -0.465 e. The Bertz CT molecular complexity index is 829. The monoisotopic (exact) mass is 343 g/mol. The van der Waals surface area contributed by atoms with Crippen LogP contribution in [-0.4, -0.2) is 28.5 Å². The molecule has 0 spiro atoms.